The van der Waals surface area contributed by atoms with Gasteiger partial charge in [-0.15, -0.1) is 0 Å². The lowest BCUT2D eigenvalue weighted by molar-refractivity contribution is -0.143. The van der Waals surface area contributed by atoms with Gasteiger partial charge in [-0.05, 0) is 30.7 Å². The molecule has 114 valence electrons. The number of furan rings is 1. The van der Waals surface area contributed by atoms with Gasteiger partial charge in [-0.3, -0.25) is 4.79 Å². The zero-order chi connectivity index (χ0) is 15.8. The van der Waals surface area contributed by atoms with Crippen LogP contribution >= 0.6 is 0 Å². The topological polar surface area (TPSA) is 68.5 Å². The number of rotatable bonds is 6. The van der Waals surface area contributed by atoms with Crippen LogP contribution in [0.2, 0.25) is 0 Å². The Bertz CT molecular complexity index is 658. The second kappa shape index (κ2) is 7.83. The summed E-state index contributed by atoms with van der Waals surface area (Å²) in [6, 6.07) is 13.0. The van der Waals surface area contributed by atoms with E-state index in [1.807, 2.05) is 37.3 Å². The normalized spacial score (nSPS) is 10.6. The minimum Gasteiger partial charge on any atom is -0.462 e. The van der Waals surface area contributed by atoms with Gasteiger partial charge in [0.2, 0.25) is 0 Å². The Labute approximate surface area is 128 Å². The molecule has 0 bridgehead atoms. The van der Waals surface area contributed by atoms with Gasteiger partial charge < -0.3 is 14.5 Å². The first-order valence-corrected chi connectivity index (χ1v) is 6.85. The van der Waals surface area contributed by atoms with Gasteiger partial charge in [0.25, 0.3) is 5.91 Å². The molecule has 22 heavy (non-hydrogen) atoms. The third kappa shape index (κ3) is 5.28. The van der Waals surface area contributed by atoms with Crippen molar-refractivity contribution in [3.8, 4) is 0 Å². The number of nitrogens with one attached hydrogen (secondary N) is 1. The quantitative estimate of drug-likeness (QED) is 0.657. The summed E-state index contributed by atoms with van der Waals surface area (Å²) >= 11 is 0. The SMILES string of the molecule is Cc1ccc(C=CC(=O)OCC(=O)NCc2ccccc2)o1. The first kappa shape index (κ1) is 15.6. The van der Waals surface area contributed by atoms with Crippen molar-refractivity contribution in [1.82, 2.24) is 5.32 Å². The Morgan fingerprint density at radius 1 is 1.18 bits per heavy atom. The van der Waals surface area contributed by atoms with E-state index in [9.17, 15) is 9.59 Å². The lowest BCUT2D eigenvalue weighted by Crippen LogP contribution is -2.28. The largest absolute Gasteiger partial charge is 0.462 e. The molecule has 0 aliphatic rings. The molecule has 1 heterocycles. The number of amides is 1. The Kier molecular flexibility index (Phi) is 5.54. The second-order valence-corrected chi connectivity index (χ2v) is 4.65. The van der Waals surface area contributed by atoms with Gasteiger partial charge in [0.1, 0.15) is 11.5 Å². The molecule has 0 radical (unpaired) electrons. The van der Waals surface area contributed by atoms with Gasteiger partial charge in [0.05, 0.1) is 0 Å². The van der Waals surface area contributed by atoms with Gasteiger partial charge in [-0.25, -0.2) is 4.79 Å². The Morgan fingerprint density at radius 3 is 2.64 bits per heavy atom. The average molecular weight is 299 g/mol. The van der Waals surface area contributed by atoms with Crippen molar-refractivity contribution in [3.05, 3.63) is 65.6 Å². The molecule has 5 nitrogen and oxygen atoms in total. The number of hydrogen-bond acceptors (Lipinski definition) is 4. The van der Waals surface area contributed by atoms with E-state index in [0.29, 0.717) is 12.3 Å². The summed E-state index contributed by atoms with van der Waals surface area (Å²) in [4.78, 5) is 23.0. The van der Waals surface area contributed by atoms with Crippen molar-refractivity contribution in [2.75, 3.05) is 6.61 Å². The molecule has 1 N–H and O–H groups in total. The highest BCUT2D eigenvalue weighted by molar-refractivity contribution is 5.88. The van der Waals surface area contributed by atoms with Gasteiger partial charge in [0.15, 0.2) is 6.61 Å². The Balaban J connectivity index is 1.69. The van der Waals surface area contributed by atoms with Crippen molar-refractivity contribution >= 4 is 18.0 Å². The number of ether oxygens (including phenoxy) is 1. The fourth-order valence-corrected chi connectivity index (χ4v) is 1.73. The number of carbonyl (C=O) groups excluding carboxylic acids is 2. The molecule has 5 heteroatoms. The molecule has 0 fully saturated rings. The number of aryl methyl sites for hydroxylation is 1. The maximum atomic E-state index is 11.6. The molecule has 2 rings (SSSR count). The second-order valence-electron chi connectivity index (χ2n) is 4.65. The summed E-state index contributed by atoms with van der Waals surface area (Å²) in [5.74, 6) is 0.375. The molecule has 1 aromatic heterocycles. The van der Waals surface area contributed by atoms with Crippen LogP contribution < -0.4 is 5.32 Å². The minimum atomic E-state index is -0.594. The van der Waals surface area contributed by atoms with Crippen molar-refractivity contribution in [1.29, 1.82) is 0 Å². The first-order valence-electron chi connectivity index (χ1n) is 6.85. The highest BCUT2D eigenvalue weighted by atomic mass is 16.5. The minimum absolute atomic E-state index is 0.312. The van der Waals surface area contributed by atoms with Crippen LogP contribution in [-0.2, 0) is 20.9 Å². The van der Waals surface area contributed by atoms with Crippen molar-refractivity contribution < 1.29 is 18.7 Å². The maximum Gasteiger partial charge on any atom is 0.331 e. The number of carbonyl (C=O) groups is 2. The summed E-state index contributed by atoms with van der Waals surface area (Å²) in [5.41, 5.74) is 0.982. The fourth-order valence-electron chi connectivity index (χ4n) is 1.73. The summed E-state index contributed by atoms with van der Waals surface area (Å²) in [7, 11) is 0. The number of benzene rings is 1. The molecule has 0 atom stereocenters. The van der Waals surface area contributed by atoms with Crippen LogP contribution in [0.4, 0.5) is 0 Å². The first-order chi connectivity index (χ1) is 10.6. The molecule has 0 aliphatic heterocycles. The highest BCUT2D eigenvalue weighted by Crippen LogP contribution is 2.07. The van der Waals surface area contributed by atoms with Gasteiger partial charge in [0, 0.05) is 12.6 Å². The molecule has 0 unspecified atom stereocenters. The van der Waals surface area contributed by atoms with E-state index in [1.165, 1.54) is 12.2 Å². The predicted molar refractivity (Wildman–Crippen MR) is 81.7 cm³/mol. The zero-order valence-electron chi connectivity index (χ0n) is 12.2. The third-order valence-electron chi connectivity index (χ3n) is 2.82. The Morgan fingerprint density at radius 2 is 1.95 bits per heavy atom. The molecular weight excluding hydrogens is 282 g/mol. The lowest BCUT2D eigenvalue weighted by Gasteiger charge is -2.05. The van der Waals surface area contributed by atoms with Crippen LogP contribution in [0.1, 0.15) is 17.1 Å². The standard InChI is InChI=1S/C17H17NO4/c1-13-7-8-15(22-13)9-10-17(20)21-12-16(19)18-11-14-5-3-2-4-6-14/h2-10H,11-12H2,1H3,(H,18,19). The molecule has 1 amide bonds. The summed E-state index contributed by atoms with van der Waals surface area (Å²) < 4.78 is 10.1. The average Bonchev–Trinajstić information content (AvgIpc) is 2.95. The van der Waals surface area contributed by atoms with E-state index >= 15 is 0 Å². The van der Waals surface area contributed by atoms with Gasteiger partial charge in [-0.1, -0.05) is 30.3 Å². The molecule has 0 saturated carbocycles. The van der Waals surface area contributed by atoms with Crippen molar-refractivity contribution in [2.45, 2.75) is 13.5 Å². The maximum absolute atomic E-state index is 11.6. The van der Waals surface area contributed by atoms with E-state index in [4.69, 9.17) is 9.15 Å². The van der Waals surface area contributed by atoms with E-state index in [1.54, 1.807) is 12.1 Å². The number of esters is 1. The van der Waals surface area contributed by atoms with Crippen LogP contribution in [0, 0.1) is 6.92 Å². The number of hydrogen-bond donors (Lipinski definition) is 1. The van der Waals surface area contributed by atoms with Gasteiger partial charge >= 0.3 is 5.97 Å². The molecule has 2 aromatic rings. The molecule has 0 saturated heterocycles. The van der Waals surface area contributed by atoms with E-state index in [0.717, 1.165) is 11.3 Å². The summed E-state index contributed by atoms with van der Waals surface area (Å²) in [6.45, 7) is 1.90. The van der Waals surface area contributed by atoms with E-state index in [-0.39, 0.29) is 12.5 Å². The molecule has 0 spiro atoms. The van der Waals surface area contributed by atoms with E-state index < -0.39 is 5.97 Å². The third-order valence-corrected chi connectivity index (χ3v) is 2.82. The monoisotopic (exact) mass is 299 g/mol. The molecule has 0 aliphatic carbocycles. The van der Waals surface area contributed by atoms with Crippen LogP contribution in [0.5, 0.6) is 0 Å². The van der Waals surface area contributed by atoms with Gasteiger partial charge in [-0.2, -0.15) is 0 Å². The Hall–Kier alpha value is -2.82. The van der Waals surface area contributed by atoms with Crippen LogP contribution in [0.3, 0.4) is 0 Å². The fraction of sp³-hybridized carbons (Fsp3) is 0.176. The summed E-state index contributed by atoms with van der Waals surface area (Å²) in [6.07, 6.45) is 2.72. The van der Waals surface area contributed by atoms with Crippen LogP contribution in [0.25, 0.3) is 6.08 Å². The smallest absolute Gasteiger partial charge is 0.331 e. The van der Waals surface area contributed by atoms with E-state index in [2.05, 4.69) is 5.32 Å². The van der Waals surface area contributed by atoms with Crippen LogP contribution in [0.15, 0.2) is 53.0 Å². The van der Waals surface area contributed by atoms with Crippen LogP contribution in [-0.4, -0.2) is 18.5 Å². The van der Waals surface area contributed by atoms with Crippen molar-refractivity contribution in [2.24, 2.45) is 0 Å². The molecular formula is C17H17NO4. The highest BCUT2D eigenvalue weighted by Gasteiger charge is 2.05. The summed E-state index contributed by atoms with van der Waals surface area (Å²) in [5, 5.41) is 2.67. The molecule has 1 aromatic carbocycles. The van der Waals surface area contributed by atoms with Crippen molar-refractivity contribution in [3.63, 3.8) is 0 Å². The predicted octanol–water partition coefficient (Wildman–Crippen LogP) is 2.46. The lowest BCUT2D eigenvalue weighted by atomic mass is 10.2. The zero-order valence-corrected chi connectivity index (χ0v) is 12.2.